The first-order valence-corrected chi connectivity index (χ1v) is 8.57. The third-order valence-electron chi connectivity index (χ3n) is 4.49. The highest BCUT2D eigenvalue weighted by Gasteiger charge is 2.20. The van der Waals surface area contributed by atoms with Gasteiger partial charge in [-0.15, -0.1) is 0 Å². The monoisotopic (exact) mass is 365 g/mol. The molecule has 0 aromatic heterocycles. The molecule has 1 aliphatic heterocycles. The van der Waals surface area contributed by atoms with Crippen LogP contribution in [0, 0.1) is 21.4 Å². The average Bonchev–Trinajstić information content (AvgIpc) is 2.69. The summed E-state index contributed by atoms with van der Waals surface area (Å²) in [6, 6.07) is 15.5. The van der Waals surface area contributed by atoms with Crippen LogP contribution in [0.15, 0.2) is 48.5 Å². The Kier molecular flexibility index (Phi) is 5.64. The minimum absolute atomic E-state index is 0.0757. The minimum Gasteiger partial charge on any atom is -0.369 e. The number of hydrogen-bond donors (Lipinski definition) is 1. The third-order valence-corrected chi connectivity index (χ3v) is 4.49. The number of hydrogen-bond acceptors (Lipinski definition) is 6. The molecule has 0 atom stereocenters. The topological polar surface area (TPSA) is 103 Å². The van der Waals surface area contributed by atoms with Gasteiger partial charge in [-0.3, -0.25) is 19.8 Å². The lowest BCUT2D eigenvalue weighted by atomic mass is 10.2. The molecule has 1 heterocycles. The molecule has 1 saturated heterocycles. The van der Waals surface area contributed by atoms with Gasteiger partial charge in [-0.25, -0.2) is 0 Å². The van der Waals surface area contributed by atoms with Crippen LogP contribution in [-0.2, 0) is 4.79 Å². The van der Waals surface area contributed by atoms with Gasteiger partial charge in [-0.2, -0.15) is 5.26 Å². The first-order valence-electron chi connectivity index (χ1n) is 8.57. The number of rotatable bonds is 5. The molecule has 0 aliphatic carbocycles. The minimum atomic E-state index is -0.412. The number of piperazine rings is 1. The number of benzene rings is 2. The summed E-state index contributed by atoms with van der Waals surface area (Å²) in [5.41, 5.74) is 1.97. The molecule has 0 unspecified atom stereocenters. The van der Waals surface area contributed by atoms with Crippen molar-refractivity contribution in [3.05, 3.63) is 64.2 Å². The van der Waals surface area contributed by atoms with Gasteiger partial charge in [0.2, 0.25) is 5.91 Å². The molecule has 0 radical (unpaired) electrons. The number of nitriles is 1. The molecule has 1 aliphatic rings. The van der Waals surface area contributed by atoms with Gasteiger partial charge in [-0.1, -0.05) is 12.1 Å². The quantitative estimate of drug-likeness (QED) is 0.644. The summed E-state index contributed by atoms with van der Waals surface area (Å²) < 4.78 is 0. The van der Waals surface area contributed by atoms with Crippen LogP contribution in [0.25, 0.3) is 0 Å². The van der Waals surface area contributed by atoms with E-state index in [2.05, 4.69) is 16.3 Å². The molecule has 1 fully saturated rings. The fourth-order valence-electron chi connectivity index (χ4n) is 3.03. The second-order valence-corrected chi connectivity index (χ2v) is 6.24. The normalized spacial score (nSPS) is 14.4. The van der Waals surface area contributed by atoms with Crippen LogP contribution in [-0.4, -0.2) is 48.5 Å². The van der Waals surface area contributed by atoms with Crippen LogP contribution >= 0.6 is 0 Å². The summed E-state index contributed by atoms with van der Waals surface area (Å²) in [5.74, 6) is -0.151. The largest absolute Gasteiger partial charge is 0.369 e. The van der Waals surface area contributed by atoms with E-state index in [1.165, 1.54) is 12.1 Å². The lowest BCUT2D eigenvalue weighted by Gasteiger charge is -2.35. The maximum atomic E-state index is 12.3. The maximum Gasteiger partial charge on any atom is 0.269 e. The van der Waals surface area contributed by atoms with Crippen molar-refractivity contribution in [1.29, 1.82) is 5.26 Å². The summed E-state index contributed by atoms with van der Waals surface area (Å²) in [6.07, 6.45) is 0. The highest BCUT2D eigenvalue weighted by atomic mass is 16.6. The Morgan fingerprint density at radius 1 is 1.11 bits per heavy atom. The van der Waals surface area contributed by atoms with Crippen LogP contribution in [0.3, 0.4) is 0 Å². The molecule has 2 aromatic carbocycles. The first-order chi connectivity index (χ1) is 13.1. The lowest BCUT2D eigenvalue weighted by molar-refractivity contribution is -0.384. The van der Waals surface area contributed by atoms with Gasteiger partial charge in [0, 0.05) is 44.0 Å². The highest BCUT2D eigenvalue weighted by Crippen LogP contribution is 2.20. The Labute approximate surface area is 156 Å². The van der Waals surface area contributed by atoms with Gasteiger partial charge in [0.1, 0.15) is 6.07 Å². The van der Waals surface area contributed by atoms with Crippen molar-refractivity contribution in [3.63, 3.8) is 0 Å². The zero-order valence-electron chi connectivity index (χ0n) is 14.7. The summed E-state index contributed by atoms with van der Waals surface area (Å²) >= 11 is 0. The number of nitro groups is 1. The molecule has 138 valence electrons. The molecule has 0 spiro atoms. The molecule has 1 N–H and O–H groups in total. The zero-order chi connectivity index (χ0) is 19.2. The summed E-state index contributed by atoms with van der Waals surface area (Å²) in [6.45, 7) is 3.15. The number of carbonyl (C=O) groups is 1. The Morgan fingerprint density at radius 2 is 1.78 bits per heavy atom. The predicted molar refractivity (Wildman–Crippen MR) is 102 cm³/mol. The van der Waals surface area contributed by atoms with Gasteiger partial charge in [0.05, 0.1) is 22.7 Å². The summed E-state index contributed by atoms with van der Waals surface area (Å²) in [5, 5.41) is 22.6. The number of non-ortho nitro benzene ring substituents is 1. The van der Waals surface area contributed by atoms with Gasteiger partial charge in [0.25, 0.3) is 5.69 Å². The Bertz CT molecular complexity index is 868. The van der Waals surface area contributed by atoms with Crippen molar-refractivity contribution in [2.75, 3.05) is 42.9 Å². The van der Waals surface area contributed by atoms with E-state index < -0.39 is 4.92 Å². The molecule has 8 nitrogen and oxygen atoms in total. The molecule has 1 amide bonds. The molecule has 0 bridgehead atoms. The SMILES string of the molecule is N#Cc1ccccc1NC(=O)CN1CCN(c2ccc([N+](=O)[O-])cc2)CC1. The fraction of sp³-hybridized carbons (Fsp3) is 0.263. The van der Waals surface area contributed by atoms with Crippen LogP contribution < -0.4 is 10.2 Å². The molecule has 27 heavy (non-hydrogen) atoms. The lowest BCUT2D eigenvalue weighted by Crippen LogP contribution is -2.48. The second kappa shape index (κ2) is 8.29. The number of nitrogens with zero attached hydrogens (tertiary/aromatic N) is 4. The molecular weight excluding hydrogens is 346 g/mol. The summed E-state index contributed by atoms with van der Waals surface area (Å²) in [7, 11) is 0. The Balaban J connectivity index is 1.51. The highest BCUT2D eigenvalue weighted by molar-refractivity contribution is 5.93. The second-order valence-electron chi connectivity index (χ2n) is 6.24. The van der Waals surface area contributed by atoms with Gasteiger partial charge >= 0.3 is 0 Å². The number of carbonyl (C=O) groups excluding carboxylic acids is 1. The van der Waals surface area contributed by atoms with Crippen molar-refractivity contribution < 1.29 is 9.72 Å². The van der Waals surface area contributed by atoms with Crippen molar-refractivity contribution in [1.82, 2.24) is 4.90 Å². The summed E-state index contributed by atoms with van der Waals surface area (Å²) in [4.78, 5) is 26.8. The van der Waals surface area contributed by atoms with Crippen molar-refractivity contribution >= 4 is 23.0 Å². The van der Waals surface area contributed by atoms with Crippen molar-refractivity contribution in [2.45, 2.75) is 0 Å². The molecule has 3 rings (SSSR count). The van der Waals surface area contributed by atoms with E-state index in [1.54, 1.807) is 36.4 Å². The fourth-order valence-corrected chi connectivity index (χ4v) is 3.03. The van der Waals surface area contributed by atoms with Gasteiger partial charge in [0.15, 0.2) is 0 Å². The number of nitrogens with one attached hydrogen (secondary N) is 1. The van der Waals surface area contributed by atoms with Gasteiger partial charge in [-0.05, 0) is 24.3 Å². The van der Waals surface area contributed by atoms with E-state index in [1.807, 2.05) is 4.90 Å². The number of anilines is 2. The predicted octanol–water partition coefficient (Wildman–Crippen LogP) is 2.23. The zero-order valence-corrected chi connectivity index (χ0v) is 14.7. The van der Waals surface area contributed by atoms with E-state index in [9.17, 15) is 14.9 Å². The standard InChI is InChI=1S/C19H19N5O3/c20-13-15-3-1-2-4-18(15)21-19(25)14-22-9-11-23(12-10-22)16-5-7-17(8-6-16)24(26)27/h1-8H,9-12,14H2,(H,21,25). The number of para-hydroxylation sites is 1. The number of amides is 1. The molecule has 2 aromatic rings. The molecule has 8 heteroatoms. The maximum absolute atomic E-state index is 12.3. The Hall–Kier alpha value is -3.44. The number of nitro benzene ring substituents is 1. The third kappa shape index (κ3) is 4.59. The van der Waals surface area contributed by atoms with E-state index in [-0.39, 0.29) is 18.1 Å². The van der Waals surface area contributed by atoms with Crippen molar-refractivity contribution in [2.24, 2.45) is 0 Å². The van der Waals surface area contributed by atoms with E-state index >= 15 is 0 Å². The molecule has 0 saturated carbocycles. The van der Waals surface area contributed by atoms with Crippen LogP contribution in [0.4, 0.5) is 17.1 Å². The van der Waals surface area contributed by atoms with Crippen LogP contribution in [0.2, 0.25) is 0 Å². The van der Waals surface area contributed by atoms with Gasteiger partial charge < -0.3 is 10.2 Å². The van der Waals surface area contributed by atoms with E-state index in [4.69, 9.17) is 5.26 Å². The smallest absolute Gasteiger partial charge is 0.269 e. The average molecular weight is 365 g/mol. The van der Waals surface area contributed by atoms with E-state index in [0.29, 0.717) is 24.3 Å². The molecular formula is C19H19N5O3. The Morgan fingerprint density at radius 3 is 2.41 bits per heavy atom. The van der Waals surface area contributed by atoms with Crippen LogP contribution in [0.1, 0.15) is 5.56 Å². The van der Waals surface area contributed by atoms with Crippen LogP contribution in [0.5, 0.6) is 0 Å². The van der Waals surface area contributed by atoms with E-state index in [0.717, 1.165) is 18.8 Å². The first kappa shape index (κ1) is 18.4. The van der Waals surface area contributed by atoms with Crippen molar-refractivity contribution in [3.8, 4) is 6.07 Å².